The van der Waals surface area contributed by atoms with E-state index in [1.165, 1.54) is 83.6 Å². The predicted molar refractivity (Wildman–Crippen MR) is 496 cm³/mol. The van der Waals surface area contributed by atoms with Gasteiger partial charge >= 0.3 is 5.97 Å². The highest BCUT2D eigenvalue weighted by atomic mass is 32.2. The topological polar surface area (TPSA) is 539 Å². The van der Waals surface area contributed by atoms with Gasteiger partial charge in [0.25, 0.3) is 0 Å². The van der Waals surface area contributed by atoms with Crippen molar-refractivity contribution < 1.29 is 120 Å². The van der Waals surface area contributed by atoms with Crippen molar-refractivity contribution in [3.8, 4) is 11.5 Å². The largest absolute Gasteiger partial charge is 0.508 e. The standard InChI is InChI=1S/C96H117F3N16O22S/c1-8-9-24-74-95(134)115-49-62(118)45-76(115)90(129)107-70(46-81(121)122)88(127)110-83(53(2)3)96(135)112(5)75(42-54-18-12-10-13-19-54)89(128)108-72(40-57-27-31-61(117)32-28-57)93(132)114-34-36-137-50-78(114)91(130)106-69(44-59-47-101-66-23-17-16-22-63(59)66)87(126)105-68(39-56-25-29-60(116)30-26-56)86(125)104-67(33-35-136-7)85(124)109-73(84(123)102-48-79(100)119)51-138-52-80(120)103-71(41-58-37-64(97)82(99)65(98)38-58)92(131)113(6)77(94(133)111(74)4)43-55-20-14-11-15-21-55/h10-23,25-32,37-38,47,53,62,67-78,83,101,116-118H,8-9,24,33-36,39-46,48-52H2,1-7H3,(H2,100,119)(H,102,123)(H,103,120)(H,104,125)(H,105,126)(H,106,130)(H,107,129)(H,108,128)(H,109,124)(H,110,127)(H,121,122)/t62-,67+,68+,69-,70+,71+,72+,73+,74+,75+,76-,77+,78-,83+/m1/s1. The number of carboxylic acids is 1. The number of H-pyrrole nitrogens is 1. The number of aliphatic carboxylic acids is 1. The number of ether oxygens (including phenoxy) is 2. The Bertz CT molecular complexity index is 5490. The molecule has 3 aliphatic heterocycles. The number of aliphatic hydroxyl groups is 1. The molecule has 42 heteroatoms. The molecule has 0 saturated carbocycles. The minimum absolute atomic E-state index is 0.141. The van der Waals surface area contributed by atoms with Crippen LogP contribution in [-0.2, 0) is 125 Å². The Kier molecular flexibility index (Phi) is 38.6. The molecule has 7 aromatic rings. The van der Waals surface area contributed by atoms with Gasteiger partial charge in [-0.15, -0.1) is 11.8 Å². The molecule has 0 spiro atoms. The van der Waals surface area contributed by atoms with Gasteiger partial charge in [0, 0.05) is 116 Å². The van der Waals surface area contributed by atoms with E-state index < -0.39 is 265 Å². The summed E-state index contributed by atoms with van der Waals surface area (Å²) in [4.78, 5) is 247. The second-order valence-corrected chi connectivity index (χ2v) is 35.6. The van der Waals surface area contributed by atoms with Gasteiger partial charge < -0.3 is 113 Å². The average Bonchev–Trinajstić information content (AvgIpc) is 1.47. The number of nitrogens with one attached hydrogen (secondary N) is 10. The Labute approximate surface area is 797 Å². The molecule has 0 radical (unpaired) electrons. The molecule has 3 fully saturated rings. The number of aromatic amines is 1. The molecule has 14 atom stereocenters. The van der Waals surface area contributed by atoms with Gasteiger partial charge in [0.15, 0.2) is 17.5 Å². The lowest BCUT2D eigenvalue weighted by Crippen LogP contribution is -2.64. The second kappa shape index (κ2) is 50.2. The van der Waals surface area contributed by atoms with Crippen LogP contribution in [0.1, 0.15) is 92.7 Å². The first-order chi connectivity index (χ1) is 65.8. The first kappa shape index (κ1) is 106. The summed E-state index contributed by atoms with van der Waals surface area (Å²) in [5.74, 6) is -25.1. The van der Waals surface area contributed by atoms with Crippen LogP contribution in [0.15, 0.2) is 152 Å². The Balaban J connectivity index is 1.07. The van der Waals surface area contributed by atoms with Crippen molar-refractivity contribution in [3.63, 3.8) is 0 Å². The molecule has 6 aromatic carbocycles. The number of primary amides is 1. The monoisotopic (exact) mass is 1930 g/mol. The number of carboxylic acid groups (broad SMARTS) is 1. The fourth-order valence-electron chi connectivity index (χ4n) is 16.6. The van der Waals surface area contributed by atoms with Gasteiger partial charge in [-0.05, 0) is 94.6 Å². The number of methoxy groups -OCH3 is 1. The third-order valence-corrected chi connectivity index (χ3v) is 25.2. The lowest BCUT2D eigenvalue weighted by atomic mass is 9.98. The summed E-state index contributed by atoms with van der Waals surface area (Å²) in [6.45, 7) is 2.16. The number of rotatable bonds is 24. The zero-order valence-corrected chi connectivity index (χ0v) is 78.0. The van der Waals surface area contributed by atoms with Crippen LogP contribution < -0.4 is 53.6 Å². The number of carbonyl (C=O) groups is 16. The number of fused-ring (bicyclic) bond motifs is 3. The third kappa shape index (κ3) is 29.0. The summed E-state index contributed by atoms with van der Waals surface area (Å²) >= 11 is 0.635. The molecule has 4 heterocycles. The number of nitrogens with zero attached hydrogens (tertiary/aromatic N) is 5. The highest BCUT2D eigenvalue weighted by molar-refractivity contribution is 8.00. The van der Waals surface area contributed by atoms with Crippen molar-refractivity contribution in [2.45, 2.75) is 182 Å². The SMILES string of the molecule is CCCC[C@H]1C(=O)N2C[C@H](O)C[C@@H]2C(=O)N[C@@H](CC(=O)O)C(=O)N[C@@H](C(C)C)C(=O)N(C)[C@@H](Cc2ccccc2)C(=O)N[C@@H](Cc2ccc(O)cc2)C(=O)N2CCOC[C@@H]2C(=O)N[C@H](Cc2c[nH]c3ccccc23)C(=O)N[C@@H](Cc2ccc(O)cc2)C(=O)N[C@@H](CCOC)C(=O)N[C@H](C(=O)NCC(N)=O)CSCC(=O)N[C@@H](Cc2cc(F)c(F)c(F)c2)C(=O)N(C)[C@@H](Cc2ccccc2)C(=O)N1C. The average molecular weight is 1940 g/mol. The van der Waals surface area contributed by atoms with Gasteiger partial charge in [-0.2, -0.15) is 0 Å². The number of phenolic OH excluding ortho intramolecular Hbond substituents is 2. The van der Waals surface area contributed by atoms with Crippen LogP contribution in [0.4, 0.5) is 13.2 Å². The number of phenols is 2. The summed E-state index contributed by atoms with van der Waals surface area (Å²) in [5.41, 5.74) is 7.68. The lowest BCUT2D eigenvalue weighted by molar-refractivity contribution is -0.152. The minimum Gasteiger partial charge on any atom is -0.508 e. The molecule has 0 aliphatic carbocycles. The summed E-state index contributed by atoms with van der Waals surface area (Å²) < 4.78 is 56.4. The number of morpholine rings is 1. The molecule has 3 saturated heterocycles. The van der Waals surface area contributed by atoms with Gasteiger partial charge in [0.05, 0.1) is 38.0 Å². The number of para-hydroxylation sites is 1. The van der Waals surface area contributed by atoms with E-state index in [9.17, 15) is 58.4 Å². The molecule has 16 N–H and O–H groups in total. The Morgan fingerprint density at radius 3 is 1.66 bits per heavy atom. The number of unbranched alkanes of at least 4 members (excludes halogenated alkanes) is 1. The number of benzene rings is 6. The highest BCUT2D eigenvalue weighted by Gasteiger charge is 2.48. The van der Waals surface area contributed by atoms with Crippen molar-refractivity contribution in [1.29, 1.82) is 0 Å². The second-order valence-electron chi connectivity index (χ2n) is 34.6. The maximum Gasteiger partial charge on any atom is 0.305 e. The summed E-state index contributed by atoms with van der Waals surface area (Å²) in [6.07, 6.45) is -3.90. The van der Waals surface area contributed by atoms with Gasteiger partial charge in [0.2, 0.25) is 88.6 Å². The molecule has 0 bridgehead atoms. The molecule has 10 rings (SSSR count). The van der Waals surface area contributed by atoms with Crippen molar-refractivity contribution in [2.75, 3.05) is 79.2 Å². The lowest BCUT2D eigenvalue weighted by Gasteiger charge is -2.38. The summed E-state index contributed by atoms with van der Waals surface area (Å²) in [7, 11) is 4.90. The normalized spacial score (nSPS) is 23.7. The van der Waals surface area contributed by atoms with Crippen LogP contribution in [0.5, 0.6) is 11.5 Å². The molecule has 3 aliphatic rings. The molecule has 740 valence electrons. The highest BCUT2D eigenvalue weighted by Crippen LogP contribution is 2.29. The van der Waals surface area contributed by atoms with Crippen LogP contribution in [0.2, 0.25) is 0 Å². The Hall–Kier alpha value is -14.0. The fraction of sp³-hybridized carbons (Fsp3) is 0.438. The number of aromatic hydroxyl groups is 2. The van der Waals surface area contributed by atoms with E-state index in [0.717, 1.165) is 31.5 Å². The third-order valence-electron chi connectivity index (χ3n) is 24.2. The van der Waals surface area contributed by atoms with Gasteiger partial charge in [-0.3, -0.25) is 76.7 Å². The number of aromatic nitrogens is 1. The smallest absolute Gasteiger partial charge is 0.305 e. The van der Waals surface area contributed by atoms with Crippen LogP contribution >= 0.6 is 11.8 Å². The van der Waals surface area contributed by atoms with Crippen molar-refractivity contribution in [3.05, 3.63) is 203 Å². The maximum atomic E-state index is 15.9. The van der Waals surface area contributed by atoms with E-state index in [2.05, 4.69) is 52.8 Å². The van der Waals surface area contributed by atoms with E-state index in [1.54, 1.807) is 98.0 Å². The van der Waals surface area contributed by atoms with Crippen molar-refractivity contribution in [2.24, 2.45) is 11.7 Å². The Morgan fingerprint density at radius 2 is 1.06 bits per heavy atom. The molecule has 15 amide bonds. The van der Waals surface area contributed by atoms with Crippen molar-refractivity contribution in [1.82, 2.24) is 77.3 Å². The number of halogens is 3. The van der Waals surface area contributed by atoms with Crippen LogP contribution in [0.25, 0.3) is 10.9 Å². The number of likely N-dealkylation sites (N-methyl/N-ethyl adjacent to an activating group) is 3. The number of carbonyl (C=O) groups excluding carboxylic acids is 15. The number of hydrogen-bond donors (Lipinski definition) is 15. The van der Waals surface area contributed by atoms with E-state index in [0.29, 0.717) is 69.0 Å². The van der Waals surface area contributed by atoms with Crippen LogP contribution in [-0.4, -0.2) is 308 Å². The Morgan fingerprint density at radius 1 is 0.543 bits per heavy atom. The quantitative estimate of drug-likeness (QED) is 0.0375. The van der Waals surface area contributed by atoms with Gasteiger partial charge in [-0.25, -0.2) is 13.2 Å². The summed E-state index contributed by atoms with van der Waals surface area (Å²) in [5, 5.41) is 66.7. The molecule has 38 nitrogen and oxygen atoms in total. The molecule has 138 heavy (non-hydrogen) atoms. The minimum atomic E-state index is -2.05. The fourth-order valence-corrected chi connectivity index (χ4v) is 17.4. The van der Waals surface area contributed by atoms with Gasteiger partial charge in [0.1, 0.15) is 90.0 Å². The van der Waals surface area contributed by atoms with Crippen LogP contribution in [0, 0.1) is 23.4 Å². The molecule has 0 unspecified atom stereocenters. The number of nitrogens with two attached hydrogens (primary N) is 1. The zero-order chi connectivity index (χ0) is 100. The molecular formula is C96H117F3N16O22S. The van der Waals surface area contributed by atoms with E-state index >= 15 is 51.9 Å². The maximum absolute atomic E-state index is 15.9. The van der Waals surface area contributed by atoms with Gasteiger partial charge in [-0.1, -0.05) is 137 Å². The molecular weight excluding hydrogens is 1820 g/mol. The van der Waals surface area contributed by atoms with E-state index in [4.69, 9.17) is 15.2 Å². The summed E-state index contributed by atoms with van der Waals surface area (Å²) in [6, 6.07) is 13.3. The number of aliphatic hydroxyl groups excluding tert-OH is 1. The van der Waals surface area contributed by atoms with Crippen LogP contribution in [0.3, 0.4) is 0 Å². The first-order valence-corrected chi connectivity index (χ1v) is 46.2. The zero-order valence-electron chi connectivity index (χ0n) is 77.2. The number of thioether (sulfide) groups is 1. The molecule has 1 aromatic heterocycles. The first-order valence-electron chi connectivity index (χ1n) is 45.1. The van der Waals surface area contributed by atoms with Crippen molar-refractivity contribution >= 4 is 117 Å². The van der Waals surface area contributed by atoms with E-state index in [1.807, 2.05) is 0 Å². The number of hydrogen-bond acceptors (Lipinski definition) is 22. The predicted octanol–water partition coefficient (Wildman–Crippen LogP) is 1.01. The van der Waals surface area contributed by atoms with E-state index in [-0.39, 0.29) is 76.2 Å². The number of amides is 15.